The van der Waals surface area contributed by atoms with Gasteiger partial charge >= 0.3 is 0 Å². The van der Waals surface area contributed by atoms with E-state index in [-0.39, 0.29) is 11.3 Å². The predicted octanol–water partition coefficient (Wildman–Crippen LogP) is 2.38. The fourth-order valence-electron chi connectivity index (χ4n) is 4.79. The molecule has 0 N–H and O–H groups in total. The zero-order chi connectivity index (χ0) is 18.0. The van der Waals surface area contributed by atoms with Gasteiger partial charge in [-0.1, -0.05) is 6.07 Å². The lowest BCUT2D eigenvalue weighted by atomic mass is 9.74. The fraction of sp³-hybridized carbons (Fsp3) is 0.714. The van der Waals surface area contributed by atoms with E-state index in [2.05, 4.69) is 28.9 Å². The second kappa shape index (κ2) is 7.65. The lowest BCUT2D eigenvalue weighted by Crippen LogP contribution is -2.51. The number of carbonyl (C=O) groups is 1. The minimum Gasteiger partial charge on any atom is -0.381 e. The van der Waals surface area contributed by atoms with Crippen LogP contribution in [0.4, 0.5) is 0 Å². The van der Waals surface area contributed by atoms with Gasteiger partial charge in [0.25, 0.3) is 0 Å². The summed E-state index contributed by atoms with van der Waals surface area (Å²) in [5, 5.41) is 0. The summed E-state index contributed by atoms with van der Waals surface area (Å²) >= 11 is 0. The van der Waals surface area contributed by atoms with Gasteiger partial charge in [-0.25, -0.2) is 0 Å². The number of likely N-dealkylation sites (tertiary alicyclic amines) is 2. The van der Waals surface area contributed by atoms with Crippen LogP contribution < -0.4 is 0 Å². The number of hydrogen-bond donors (Lipinski definition) is 0. The summed E-state index contributed by atoms with van der Waals surface area (Å²) in [5.41, 5.74) is 2.51. The van der Waals surface area contributed by atoms with Crippen molar-refractivity contribution in [3.63, 3.8) is 0 Å². The maximum atomic E-state index is 12.8. The quantitative estimate of drug-likeness (QED) is 0.830. The van der Waals surface area contributed by atoms with Crippen LogP contribution in [0.3, 0.4) is 0 Å². The number of carbonyl (C=O) groups excluding carboxylic acids is 1. The number of amides is 1. The number of nitrogens with zero attached hydrogens (tertiary/aromatic N) is 3. The third-order valence-electron chi connectivity index (χ3n) is 6.49. The zero-order valence-corrected chi connectivity index (χ0v) is 16.0. The van der Waals surface area contributed by atoms with E-state index in [1.54, 1.807) is 0 Å². The Balaban J connectivity index is 1.49. The van der Waals surface area contributed by atoms with E-state index >= 15 is 0 Å². The van der Waals surface area contributed by atoms with E-state index in [1.807, 2.05) is 6.20 Å². The molecule has 0 aliphatic carbocycles. The minimum absolute atomic E-state index is 0.0820. The van der Waals surface area contributed by atoms with Gasteiger partial charge in [0.2, 0.25) is 5.91 Å². The molecule has 5 nitrogen and oxygen atoms in total. The molecule has 5 heteroatoms. The van der Waals surface area contributed by atoms with Crippen LogP contribution in [0.2, 0.25) is 0 Å². The molecule has 1 amide bonds. The van der Waals surface area contributed by atoms with Gasteiger partial charge in [0.15, 0.2) is 0 Å². The number of aryl methyl sites for hydroxylation is 1. The molecule has 0 unspecified atom stereocenters. The molecule has 3 aliphatic heterocycles. The second-order valence-electron chi connectivity index (χ2n) is 8.37. The Morgan fingerprint density at radius 1 is 1.23 bits per heavy atom. The van der Waals surface area contributed by atoms with E-state index in [4.69, 9.17) is 9.72 Å². The fourth-order valence-corrected chi connectivity index (χ4v) is 4.79. The van der Waals surface area contributed by atoms with Crippen molar-refractivity contribution < 1.29 is 9.53 Å². The summed E-state index contributed by atoms with van der Waals surface area (Å²) in [5.74, 6) is 0.382. The van der Waals surface area contributed by atoms with E-state index in [9.17, 15) is 4.79 Å². The average Bonchev–Trinajstić information content (AvgIpc) is 3.36. The van der Waals surface area contributed by atoms with Gasteiger partial charge in [-0.05, 0) is 63.7 Å². The van der Waals surface area contributed by atoms with Crippen molar-refractivity contribution in [2.24, 2.45) is 5.92 Å². The molecular weight excluding hydrogens is 326 g/mol. The molecule has 3 aliphatic rings. The largest absolute Gasteiger partial charge is 0.381 e. The predicted molar refractivity (Wildman–Crippen MR) is 101 cm³/mol. The highest BCUT2D eigenvalue weighted by atomic mass is 16.5. The molecule has 3 saturated heterocycles. The van der Waals surface area contributed by atoms with E-state index in [1.165, 1.54) is 37.2 Å². The highest BCUT2D eigenvalue weighted by Gasteiger charge is 2.41. The molecule has 3 fully saturated rings. The van der Waals surface area contributed by atoms with Crippen LogP contribution in [0, 0.1) is 12.8 Å². The molecule has 142 valence electrons. The van der Waals surface area contributed by atoms with Gasteiger partial charge in [-0.15, -0.1) is 0 Å². The summed E-state index contributed by atoms with van der Waals surface area (Å²) in [6.45, 7) is 8.61. The molecule has 1 atom stereocenters. The molecule has 0 spiro atoms. The summed E-state index contributed by atoms with van der Waals surface area (Å²) in [4.78, 5) is 22.3. The van der Waals surface area contributed by atoms with Crippen molar-refractivity contribution in [1.82, 2.24) is 14.8 Å². The first-order chi connectivity index (χ1) is 12.7. The Morgan fingerprint density at radius 2 is 2.00 bits per heavy atom. The van der Waals surface area contributed by atoms with Crippen LogP contribution in [0.1, 0.15) is 43.4 Å². The van der Waals surface area contributed by atoms with Crippen molar-refractivity contribution >= 4 is 5.91 Å². The first-order valence-electron chi connectivity index (χ1n) is 10.2. The minimum atomic E-state index is 0.0820. The Labute approximate surface area is 156 Å². The maximum Gasteiger partial charge on any atom is 0.228 e. The molecule has 4 heterocycles. The number of ether oxygens (including phenoxy) is 1. The van der Waals surface area contributed by atoms with Crippen LogP contribution >= 0.6 is 0 Å². The number of piperidine rings is 1. The van der Waals surface area contributed by atoms with Crippen molar-refractivity contribution in [3.8, 4) is 0 Å². The molecular formula is C21H31N3O2. The van der Waals surface area contributed by atoms with Crippen molar-refractivity contribution in [1.29, 1.82) is 0 Å². The van der Waals surface area contributed by atoms with E-state index in [0.29, 0.717) is 12.5 Å². The van der Waals surface area contributed by atoms with Gasteiger partial charge in [0.1, 0.15) is 0 Å². The van der Waals surface area contributed by atoms with E-state index in [0.717, 1.165) is 45.5 Å². The molecule has 26 heavy (non-hydrogen) atoms. The van der Waals surface area contributed by atoms with Crippen LogP contribution in [-0.2, 0) is 14.9 Å². The van der Waals surface area contributed by atoms with Gasteiger partial charge < -0.3 is 14.5 Å². The third-order valence-corrected chi connectivity index (χ3v) is 6.49. The van der Waals surface area contributed by atoms with Crippen molar-refractivity contribution in [2.45, 2.75) is 44.4 Å². The first kappa shape index (κ1) is 17.9. The Morgan fingerprint density at radius 3 is 2.62 bits per heavy atom. The molecule has 4 rings (SSSR count). The average molecular weight is 357 g/mol. The molecule has 0 bridgehead atoms. The Kier molecular flexibility index (Phi) is 5.28. The first-order valence-corrected chi connectivity index (χ1v) is 10.2. The monoisotopic (exact) mass is 357 g/mol. The normalized spacial score (nSPS) is 26.3. The van der Waals surface area contributed by atoms with Gasteiger partial charge in [-0.2, -0.15) is 0 Å². The van der Waals surface area contributed by atoms with Crippen molar-refractivity contribution in [3.05, 3.63) is 29.6 Å². The standard InChI is InChI=1S/C21H31N3O2/c1-17-4-5-19(22-14-17)21(16-23-9-2-3-10-23)7-11-24(12-8-21)20(25)18-6-13-26-15-18/h4-5,14,18H,2-3,6-13,15-16H2,1H3/t18-/m1/s1. The zero-order valence-electron chi connectivity index (χ0n) is 16.0. The SMILES string of the molecule is Cc1ccc(C2(CN3CCCC3)CCN(C(=O)[C@@H]3CCOC3)CC2)nc1. The van der Waals surface area contributed by atoms with Gasteiger partial charge in [0, 0.05) is 43.5 Å². The maximum absolute atomic E-state index is 12.8. The summed E-state index contributed by atoms with van der Waals surface area (Å²) in [7, 11) is 0. The van der Waals surface area contributed by atoms with Gasteiger partial charge in [0.05, 0.1) is 12.5 Å². The number of pyridine rings is 1. The molecule has 1 aromatic rings. The Hall–Kier alpha value is -1.46. The van der Waals surface area contributed by atoms with Crippen LogP contribution in [-0.4, -0.2) is 66.6 Å². The highest BCUT2D eigenvalue weighted by molar-refractivity contribution is 5.79. The lowest BCUT2D eigenvalue weighted by molar-refractivity contribution is -0.137. The smallest absolute Gasteiger partial charge is 0.228 e. The number of hydrogen-bond acceptors (Lipinski definition) is 4. The summed E-state index contributed by atoms with van der Waals surface area (Å²) < 4.78 is 5.42. The number of aromatic nitrogens is 1. The number of rotatable bonds is 4. The summed E-state index contributed by atoms with van der Waals surface area (Å²) in [6, 6.07) is 4.40. The molecule has 1 aromatic heterocycles. The molecule has 0 aromatic carbocycles. The van der Waals surface area contributed by atoms with Crippen LogP contribution in [0.15, 0.2) is 18.3 Å². The topological polar surface area (TPSA) is 45.7 Å². The highest BCUT2D eigenvalue weighted by Crippen LogP contribution is 2.37. The lowest BCUT2D eigenvalue weighted by Gasteiger charge is -2.44. The molecule has 0 saturated carbocycles. The second-order valence-corrected chi connectivity index (χ2v) is 8.37. The third kappa shape index (κ3) is 3.65. The van der Waals surface area contributed by atoms with E-state index < -0.39 is 0 Å². The van der Waals surface area contributed by atoms with Crippen LogP contribution in [0.25, 0.3) is 0 Å². The molecule has 0 radical (unpaired) electrons. The van der Waals surface area contributed by atoms with Crippen molar-refractivity contribution in [2.75, 3.05) is 45.9 Å². The van der Waals surface area contributed by atoms with Gasteiger partial charge in [-0.3, -0.25) is 9.78 Å². The Bertz CT molecular complexity index is 611. The summed E-state index contributed by atoms with van der Waals surface area (Å²) in [6.07, 6.45) is 7.52. The van der Waals surface area contributed by atoms with Crippen LogP contribution in [0.5, 0.6) is 0 Å².